The normalized spacial score (nSPS) is 11.3. The highest BCUT2D eigenvalue weighted by molar-refractivity contribution is 7.11. The first-order valence-corrected chi connectivity index (χ1v) is 11.1. The number of aromatic nitrogens is 3. The molecule has 0 unspecified atom stereocenters. The molecule has 0 radical (unpaired) electrons. The van der Waals surface area contributed by atoms with Crippen LogP contribution in [-0.2, 0) is 11.2 Å². The Kier molecular flexibility index (Phi) is 5.44. The predicted octanol–water partition coefficient (Wildman–Crippen LogP) is 4.71. The fraction of sp³-hybridized carbons (Fsp3) is 0.160. The first-order chi connectivity index (χ1) is 15.7. The molecule has 7 heteroatoms. The second-order valence-electron chi connectivity index (χ2n) is 7.14. The van der Waals surface area contributed by atoms with Gasteiger partial charge in [0.1, 0.15) is 12.4 Å². The van der Waals surface area contributed by atoms with Gasteiger partial charge < -0.3 is 9.47 Å². The topological polar surface area (TPSA) is 77.1 Å². The van der Waals surface area contributed by atoms with E-state index >= 15 is 0 Å². The number of nitrogens with one attached hydrogen (secondary N) is 1. The van der Waals surface area contributed by atoms with Crippen LogP contribution in [0.5, 0.6) is 5.75 Å². The van der Waals surface area contributed by atoms with Gasteiger partial charge in [-0.25, -0.2) is 4.79 Å². The van der Waals surface area contributed by atoms with Gasteiger partial charge in [0.15, 0.2) is 0 Å². The Labute approximate surface area is 189 Å². The Morgan fingerprint density at radius 2 is 2.12 bits per heavy atom. The first-order valence-electron chi connectivity index (χ1n) is 10.2. The summed E-state index contributed by atoms with van der Waals surface area (Å²) in [7, 11) is 0. The third kappa shape index (κ3) is 3.88. The SMILES string of the molecule is CCOC(=O)c1cnc2c(c1)-c1[nH]nc(-c3csc(C#CCOc4ccccc4)c3)c1C2. The largest absolute Gasteiger partial charge is 0.481 e. The number of hydrogen-bond donors (Lipinski definition) is 1. The lowest BCUT2D eigenvalue weighted by Gasteiger charge is -2.04. The fourth-order valence-electron chi connectivity index (χ4n) is 3.63. The molecular formula is C25H19N3O3S. The molecule has 5 rings (SSSR count). The van der Waals surface area contributed by atoms with E-state index in [1.54, 1.807) is 24.5 Å². The Bertz CT molecular complexity index is 1350. The minimum atomic E-state index is -0.367. The predicted molar refractivity (Wildman–Crippen MR) is 123 cm³/mol. The van der Waals surface area contributed by atoms with Gasteiger partial charge in [0.25, 0.3) is 0 Å². The van der Waals surface area contributed by atoms with E-state index in [0.29, 0.717) is 25.2 Å². The summed E-state index contributed by atoms with van der Waals surface area (Å²) in [6, 6.07) is 13.5. The van der Waals surface area contributed by atoms with Crippen LogP contribution in [0.3, 0.4) is 0 Å². The molecule has 1 N–H and O–H groups in total. The van der Waals surface area contributed by atoms with Crippen molar-refractivity contribution >= 4 is 17.3 Å². The van der Waals surface area contributed by atoms with E-state index in [4.69, 9.17) is 9.47 Å². The van der Waals surface area contributed by atoms with Gasteiger partial charge >= 0.3 is 5.97 Å². The molecule has 0 spiro atoms. The highest BCUT2D eigenvalue weighted by atomic mass is 32.1. The van der Waals surface area contributed by atoms with Crippen LogP contribution >= 0.6 is 11.3 Å². The molecule has 0 bridgehead atoms. The van der Waals surface area contributed by atoms with E-state index in [1.807, 2.05) is 42.5 Å². The second kappa shape index (κ2) is 8.69. The van der Waals surface area contributed by atoms with Crippen LogP contribution < -0.4 is 4.74 Å². The van der Waals surface area contributed by atoms with Gasteiger partial charge in [0.05, 0.1) is 34.1 Å². The minimum absolute atomic E-state index is 0.330. The fourth-order valence-corrected chi connectivity index (χ4v) is 4.39. The molecule has 0 amide bonds. The lowest BCUT2D eigenvalue weighted by molar-refractivity contribution is 0.0526. The quantitative estimate of drug-likeness (QED) is 0.316. The highest BCUT2D eigenvalue weighted by Gasteiger charge is 2.27. The molecule has 0 saturated heterocycles. The minimum Gasteiger partial charge on any atom is -0.481 e. The standard InChI is InChI=1S/C25H19N3O3S/c1-2-30-25(29)16-12-20-22(26-14-16)13-21-23(27-28-24(20)21)17-11-19(32-15-17)9-6-10-31-18-7-4-3-5-8-18/h3-5,7-8,11-12,14-15H,2,10,13H2,1H3,(H,27,28). The Hall–Kier alpha value is -3.89. The molecule has 1 aliphatic rings. The number of esters is 1. The van der Waals surface area contributed by atoms with Crippen LogP contribution in [0.1, 0.15) is 33.4 Å². The van der Waals surface area contributed by atoms with E-state index in [2.05, 4.69) is 32.4 Å². The molecule has 1 aromatic carbocycles. The van der Waals surface area contributed by atoms with Crippen LogP contribution in [0, 0.1) is 11.8 Å². The summed E-state index contributed by atoms with van der Waals surface area (Å²) < 4.78 is 10.7. The zero-order valence-electron chi connectivity index (χ0n) is 17.3. The van der Waals surface area contributed by atoms with Crippen LogP contribution in [0.2, 0.25) is 0 Å². The summed E-state index contributed by atoms with van der Waals surface area (Å²) in [6.45, 7) is 2.45. The number of thiophene rings is 1. The molecule has 0 aliphatic heterocycles. The van der Waals surface area contributed by atoms with Crippen molar-refractivity contribution in [2.24, 2.45) is 0 Å². The molecule has 6 nitrogen and oxygen atoms in total. The maximum Gasteiger partial charge on any atom is 0.339 e. The van der Waals surface area contributed by atoms with Crippen LogP contribution in [0.4, 0.5) is 0 Å². The van der Waals surface area contributed by atoms with Gasteiger partial charge in [-0.3, -0.25) is 10.1 Å². The summed E-state index contributed by atoms with van der Waals surface area (Å²) in [5.41, 5.74) is 6.16. The van der Waals surface area contributed by atoms with Crippen molar-refractivity contribution < 1.29 is 14.3 Å². The number of pyridine rings is 1. The van der Waals surface area contributed by atoms with E-state index in [1.165, 1.54) is 0 Å². The summed E-state index contributed by atoms with van der Waals surface area (Å²) in [5.74, 6) is 6.65. The van der Waals surface area contributed by atoms with Crippen molar-refractivity contribution in [3.8, 4) is 40.1 Å². The van der Waals surface area contributed by atoms with Crippen LogP contribution in [-0.4, -0.2) is 34.4 Å². The first kappa shape index (κ1) is 20.0. The Morgan fingerprint density at radius 1 is 1.25 bits per heavy atom. The summed E-state index contributed by atoms with van der Waals surface area (Å²) >= 11 is 1.58. The third-order valence-corrected chi connectivity index (χ3v) is 5.95. The number of carbonyl (C=O) groups excluding carboxylic acids is 1. The van der Waals surface area contributed by atoms with Gasteiger partial charge in [-0.2, -0.15) is 5.10 Å². The van der Waals surface area contributed by atoms with Crippen molar-refractivity contribution in [2.45, 2.75) is 13.3 Å². The number of hydrogen-bond acceptors (Lipinski definition) is 6. The number of carbonyl (C=O) groups is 1. The number of para-hydroxylation sites is 1. The molecule has 3 heterocycles. The van der Waals surface area contributed by atoms with Crippen molar-refractivity contribution in [1.82, 2.24) is 15.2 Å². The number of nitrogens with zero attached hydrogens (tertiary/aromatic N) is 2. The maximum atomic E-state index is 12.1. The van der Waals surface area contributed by atoms with Crippen LogP contribution in [0.15, 0.2) is 54.0 Å². The lowest BCUT2D eigenvalue weighted by atomic mass is 10.1. The number of ether oxygens (including phenoxy) is 2. The lowest BCUT2D eigenvalue weighted by Crippen LogP contribution is -2.06. The van der Waals surface area contributed by atoms with Crippen molar-refractivity contribution in [1.29, 1.82) is 0 Å². The number of H-pyrrole nitrogens is 1. The number of aromatic amines is 1. The maximum absolute atomic E-state index is 12.1. The second-order valence-corrected chi connectivity index (χ2v) is 8.06. The van der Waals surface area contributed by atoms with Crippen molar-refractivity contribution in [3.05, 3.63) is 75.7 Å². The highest BCUT2D eigenvalue weighted by Crippen LogP contribution is 2.40. The number of benzene rings is 1. The number of fused-ring (bicyclic) bond motifs is 3. The zero-order chi connectivity index (χ0) is 21.9. The van der Waals surface area contributed by atoms with Gasteiger partial charge in [0.2, 0.25) is 0 Å². The Balaban J connectivity index is 1.33. The summed E-state index contributed by atoms with van der Waals surface area (Å²) in [5, 5.41) is 9.71. The van der Waals surface area contributed by atoms with E-state index in [0.717, 1.165) is 44.4 Å². The average molecular weight is 442 g/mol. The average Bonchev–Trinajstić information content (AvgIpc) is 3.52. The van der Waals surface area contributed by atoms with Gasteiger partial charge in [-0.15, -0.1) is 11.3 Å². The molecule has 32 heavy (non-hydrogen) atoms. The van der Waals surface area contributed by atoms with Crippen molar-refractivity contribution in [2.75, 3.05) is 13.2 Å². The molecule has 3 aromatic heterocycles. The van der Waals surface area contributed by atoms with E-state index in [9.17, 15) is 4.79 Å². The van der Waals surface area contributed by atoms with E-state index in [-0.39, 0.29) is 5.97 Å². The molecule has 1 aliphatic carbocycles. The third-order valence-electron chi connectivity index (χ3n) is 5.10. The summed E-state index contributed by atoms with van der Waals surface area (Å²) in [6.07, 6.45) is 2.24. The van der Waals surface area contributed by atoms with Gasteiger partial charge in [0, 0.05) is 34.7 Å². The smallest absolute Gasteiger partial charge is 0.339 e. The molecule has 4 aromatic rings. The Morgan fingerprint density at radius 3 is 2.97 bits per heavy atom. The van der Waals surface area contributed by atoms with Gasteiger partial charge in [-0.05, 0) is 31.2 Å². The monoisotopic (exact) mass is 441 g/mol. The van der Waals surface area contributed by atoms with Crippen molar-refractivity contribution in [3.63, 3.8) is 0 Å². The molecular weight excluding hydrogens is 422 g/mol. The van der Waals surface area contributed by atoms with Gasteiger partial charge in [-0.1, -0.05) is 30.0 Å². The zero-order valence-corrected chi connectivity index (χ0v) is 18.2. The van der Waals surface area contributed by atoms with Crippen LogP contribution in [0.25, 0.3) is 22.5 Å². The molecule has 0 atom stereocenters. The molecule has 0 saturated carbocycles. The summed E-state index contributed by atoms with van der Waals surface area (Å²) in [4.78, 5) is 17.5. The van der Waals surface area contributed by atoms with E-state index < -0.39 is 0 Å². The number of rotatable bonds is 5. The molecule has 158 valence electrons. The molecule has 0 fully saturated rings.